The molecule has 0 spiro atoms. The number of nitrogens with one attached hydrogen (secondary N) is 1. The van der Waals surface area contributed by atoms with E-state index in [2.05, 4.69) is 10.4 Å². The summed E-state index contributed by atoms with van der Waals surface area (Å²) in [6, 6.07) is 2.18. The quantitative estimate of drug-likeness (QED) is 0.797. The predicted molar refractivity (Wildman–Crippen MR) is 83.7 cm³/mol. The lowest BCUT2D eigenvalue weighted by atomic mass is 10.3. The van der Waals surface area contributed by atoms with E-state index in [1.807, 2.05) is 0 Å². The number of carbonyl (C=O) groups is 1. The molecule has 0 bridgehead atoms. The second-order valence-electron chi connectivity index (χ2n) is 5.80. The molecule has 0 saturated carbocycles. The maximum Gasteiger partial charge on any atom is 0.246 e. The molecule has 0 aliphatic carbocycles. The molecule has 11 heteroatoms. The van der Waals surface area contributed by atoms with Crippen LogP contribution in [0.4, 0.5) is 13.2 Å². The summed E-state index contributed by atoms with van der Waals surface area (Å²) in [5, 5.41) is 6.84. The van der Waals surface area contributed by atoms with Gasteiger partial charge in [0.1, 0.15) is 10.7 Å². The van der Waals surface area contributed by atoms with Crippen LogP contribution in [-0.2, 0) is 34.5 Å². The van der Waals surface area contributed by atoms with Crippen LogP contribution >= 0.6 is 0 Å². The summed E-state index contributed by atoms with van der Waals surface area (Å²) >= 11 is 0. The minimum atomic E-state index is -4.35. The van der Waals surface area contributed by atoms with E-state index in [1.54, 1.807) is 10.7 Å². The Morgan fingerprint density at radius 1 is 1.15 bits per heavy atom. The van der Waals surface area contributed by atoms with Crippen molar-refractivity contribution in [3.63, 3.8) is 0 Å². The highest BCUT2D eigenvalue weighted by molar-refractivity contribution is 7.89. The smallest absolute Gasteiger partial charge is 0.246 e. The molecule has 1 aromatic carbocycles. The molecule has 2 aromatic rings. The molecular weight excluding hydrogens is 373 g/mol. The second-order valence-corrected chi connectivity index (χ2v) is 7.70. The summed E-state index contributed by atoms with van der Waals surface area (Å²) in [6.45, 7) is 1.66. The first-order valence-corrected chi connectivity index (χ1v) is 9.07. The number of hydrogen-bond acceptors (Lipinski definition) is 4. The van der Waals surface area contributed by atoms with E-state index in [-0.39, 0.29) is 38.2 Å². The number of fused-ring (bicyclic) bond motifs is 1. The van der Waals surface area contributed by atoms with Gasteiger partial charge in [-0.2, -0.15) is 9.40 Å². The van der Waals surface area contributed by atoms with Crippen LogP contribution in [0.25, 0.3) is 0 Å². The van der Waals surface area contributed by atoms with Crippen LogP contribution in [0.5, 0.6) is 0 Å². The summed E-state index contributed by atoms with van der Waals surface area (Å²) in [5.74, 6) is -4.48. The van der Waals surface area contributed by atoms with E-state index in [9.17, 15) is 26.4 Å². The third kappa shape index (κ3) is 3.44. The van der Waals surface area contributed by atoms with Crippen molar-refractivity contribution < 1.29 is 26.4 Å². The van der Waals surface area contributed by atoms with Crippen LogP contribution in [0.15, 0.2) is 23.1 Å². The highest BCUT2D eigenvalue weighted by atomic mass is 32.2. The summed E-state index contributed by atoms with van der Waals surface area (Å²) in [7, 11) is -4.35. The van der Waals surface area contributed by atoms with E-state index < -0.39 is 32.4 Å². The summed E-state index contributed by atoms with van der Waals surface area (Å²) in [4.78, 5) is 10.0. The fourth-order valence-electron chi connectivity index (χ4n) is 2.65. The third-order valence-corrected chi connectivity index (χ3v) is 5.78. The molecule has 0 unspecified atom stereocenters. The van der Waals surface area contributed by atoms with E-state index in [4.69, 9.17) is 0 Å². The first-order valence-electron chi connectivity index (χ1n) is 7.63. The molecule has 1 aromatic heterocycles. The third-order valence-electron chi connectivity index (χ3n) is 3.92. The Morgan fingerprint density at radius 3 is 2.54 bits per heavy atom. The number of nitrogens with zero attached hydrogens (tertiary/aromatic N) is 3. The number of sulfonamides is 1. The molecule has 0 radical (unpaired) electrons. The SMILES string of the molecule is CC(=O)NCc1cc2n(n1)CCN(S(=O)(=O)c1cc(F)c(F)cc1F)C2. The van der Waals surface area contributed by atoms with Gasteiger partial charge in [-0.3, -0.25) is 9.48 Å². The molecule has 3 rings (SSSR count). The van der Waals surface area contributed by atoms with Gasteiger partial charge in [0.2, 0.25) is 15.9 Å². The fraction of sp³-hybridized carbons (Fsp3) is 0.333. The molecule has 1 amide bonds. The number of rotatable bonds is 4. The fourth-order valence-corrected chi connectivity index (χ4v) is 4.11. The Kier molecular flexibility index (Phi) is 4.76. The zero-order chi connectivity index (χ0) is 19.1. The average Bonchev–Trinajstić information content (AvgIpc) is 2.98. The van der Waals surface area contributed by atoms with Crippen LogP contribution in [-0.4, -0.2) is 35.0 Å². The van der Waals surface area contributed by atoms with E-state index in [0.29, 0.717) is 17.5 Å². The number of halogens is 3. The van der Waals surface area contributed by atoms with Gasteiger partial charge in [-0.05, 0) is 12.1 Å². The zero-order valence-electron chi connectivity index (χ0n) is 13.7. The van der Waals surface area contributed by atoms with Crippen molar-refractivity contribution in [3.05, 3.63) is 47.0 Å². The zero-order valence-corrected chi connectivity index (χ0v) is 14.5. The summed E-state index contributed by atoms with van der Waals surface area (Å²) in [6.07, 6.45) is 0. The van der Waals surface area contributed by atoms with Gasteiger partial charge in [0.15, 0.2) is 11.6 Å². The topological polar surface area (TPSA) is 84.3 Å². The normalized spacial score (nSPS) is 14.9. The summed E-state index contributed by atoms with van der Waals surface area (Å²) < 4.78 is 68.1. The Labute approximate surface area is 147 Å². The molecule has 2 heterocycles. The van der Waals surface area contributed by atoms with Gasteiger partial charge in [0.05, 0.1) is 31.0 Å². The van der Waals surface area contributed by atoms with Gasteiger partial charge in [0.25, 0.3) is 0 Å². The Hall–Kier alpha value is -2.40. The number of hydrogen-bond donors (Lipinski definition) is 1. The van der Waals surface area contributed by atoms with Crippen molar-refractivity contribution in [3.8, 4) is 0 Å². The molecule has 0 atom stereocenters. The van der Waals surface area contributed by atoms with E-state index in [0.717, 1.165) is 4.31 Å². The molecule has 0 fully saturated rings. The maximum absolute atomic E-state index is 13.9. The minimum Gasteiger partial charge on any atom is -0.351 e. The lowest BCUT2D eigenvalue weighted by Gasteiger charge is -2.27. The van der Waals surface area contributed by atoms with Gasteiger partial charge in [0, 0.05) is 19.5 Å². The van der Waals surface area contributed by atoms with Gasteiger partial charge in [-0.15, -0.1) is 0 Å². The van der Waals surface area contributed by atoms with Gasteiger partial charge >= 0.3 is 0 Å². The van der Waals surface area contributed by atoms with Crippen molar-refractivity contribution in [1.29, 1.82) is 0 Å². The summed E-state index contributed by atoms with van der Waals surface area (Å²) in [5.41, 5.74) is 1.09. The maximum atomic E-state index is 13.9. The number of amides is 1. The molecule has 1 aliphatic rings. The van der Waals surface area contributed by atoms with Crippen LogP contribution in [0.2, 0.25) is 0 Å². The predicted octanol–water partition coefficient (Wildman–Crippen LogP) is 1.14. The van der Waals surface area contributed by atoms with Gasteiger partial charge in [-0.1, -0.05) is 0 Å². The second kappa shape index (κ2) is 6.72. The Balaban J connectivity index is 1.86. The van der Waals surface area contributed by atoms with E-state index in [1.165, 1.54) is 6.92 Å². The standard InChI is InChI=1S/C15H15F3N4O3S/c1-9(23)19-7-10-4-11-8-21(2-3-22(11)20-10)26(24,25)15-6-13(17)12(16)5-14(15)18/h4-6H,2-3,7-8H2,1H3,(H,19,23). The van der Waals surface area contributed by atoms with E-state index >= 15 is 0 Å². The van der Waals surface area contributed by atoms with Crippen LogP contribution < -0.4 is 5.32 Å². The van der Waals surface area contributed by atoms with Crippen molar-refractivity contribution in [2.45, 2.75) is 31.5 Å². The number of aromatic nitrogens is 2. The highest BCUT2D eigenvalue weighted by Crippen LogP contribution is 2.25. The van der Waals surface area contributed by atoms with Crippen molar-refractivity contribution in [2.24, 2.45) is 0 Å². The molecule has 7 nitrogen and oxygen atoms in total. The van der Waals surface area contributed by atoms with Crippen LogP contribution in [0.1, 0.15) is 18.3 Å². The highest BCUT2D eigenvalue weighted by Gasteiger charge is 2.32. The number of carbonyl (C=O) groups excluding carboxylic acids is 1. The molecule has 140 valence electrons. The van der Waals surface area contributed by atoms with Crippen molar-refractivity contribution in [2.75, 3.05) is 6.54 Å². The lowest BCUT2D eigenvalue weighted by molar-refractivity contribution is -0.119. The van der Waals surface area contributed by atoms with Gasteiger partial charge in [-0.25, -0.2) is 21.6 Å². The molecule has 1 N–H and O–H groups in total. The number of benzene rings is 1. The Bertz CT molecular complexity index is 975. The van der Waals surface area contributed by atoms with Crippen LogP contribution in [0, 0.1) is 17.5 Å². The Morgan fingerprint density at radius 2 is 1.85 bits per heavy atom. The monoisotopic (exact) mass is 388 g/mol. The molecular formula is C15H15F3N4O3S. The first-order chi connectivity index (χ1) is 12.2. The van der Waals surface area contributed by atoms with Gasteiger partial charge < -0.3 is 5.32 Å². The largest absolute Gasteiger partial charge is 0.351 e. The van der Waals surface area contributed by atoms with Crippen molar-refractivity contribution >= 4 is 15.9 Å². The van der Waals surface area contributed by atoms with Crippen LogP contribution in [0.3, 0.4) is 0 Å². The molecule has 26 heavy (non-hydrogen) atoms. The minimum absolute atomic E-state index is 0.00493. The molecule has 1 aliphatic heterocycles. The molecule has 0 saturated heterocycles. The van der Waals surface area contributed by atoms with Crippen molar-refractivity contribution in [1.82, 2.24) is 19.4 Å². The lowest BCUT2D eigenvalue weighted by Crippen LogP contribution is -2.38. The first kappa shape index (κ1) is 18.4. The average molecular weight is 388 g/mol.